The van der Waals surface area contributed by atoms with Crippen molar-refractivity contribution in [1.82, 2.24) is 4.98 Å². The normalized spacial score (nSPS) is 34.3. The van der Waals surface area contributed by atoms with Crippen LogP contribution < -0.4 is 10.4 Å². The number of fused-ring (bicyclic) bond motifs is 4. The van der Waals surface area contributed by atoms with Crippen LogP contribution in [0.15, 0.2) is 39.8 Å². The summed E-state index contributed by atoms with van der Waals surface area (Å²) in [6.07, 6.45) is 7.61. The van der Waals surface area contributed by atoms with Gasteiger partial charge in [0.25, 0.3) is 0 Å². The van der Waals surface area contributed by atoms with E-state index in [1.165, 1.54) is 6.92 Å². The van der Waals surface area contributed by atoms with E-state index in [0.717, 1.165) is 31.2 Å². The van der Waals surface area contributed by atoms with E-state index >= 15 is 0 Å². The Hall–Kier alpha value is -2.63. The molecule has 3 aliphatic rings. The van der Waals surface area contributed by atoms with Crippen LogP contribution in [0, 0.1) is 22.7 Å². The Kier molecular flexibility index (Phi) is 5.00. The number of carbonyl (C=O) groups is 1. The molecule has 0 unspecified atom stereocenters. The molecule has 0 saturated heterocycles. The van der Waals surface area contributed by atoms with Gasteiger partial charge >= 0.3 is 11.6 Å². The van der Waals surface area contributed by atoms with Gasteiger partial charge < -0.3 is 13.9 Å². The van der Waals surface area contributed by atoms with Crippen molar-refractivity contribution in [3.8, 4) is 17.1 Å². The summed E-state index contributed by atoms with van der Waals surface area (Å²) in [4.78, 5) is 28.9. The molecule has 176 valence electrons. The summed E-state index contributed by atoms with van der Waals surface area (Å²) in [6.45, 7) is 10.5. The summed E-state index contributed by atoms with van der Waals surface area (Å²) in [5, 5.41) is 0. The summed E-state index contributed by atoms with van der Waals surface area (Å²) in [5.41, 5.74) is 0.533. The van der Waals surface area contributed by atoms with Crippen LogP contribution in [0.3, 0.4) is 0 Å². The number of ether oxygens (including phenoxy) is 2. The Morgan fingerprint density at radius 3 is 2.64 bits per heavy atom. The summed E-state index contributed by atoms with van der Waals surface area (Å²) in [6, 6.07) is 5.55. The maximum atomic E-state index is 13.1. The number of hydrogen-bond donors (Lipinski definition) is 0. The van der Waals surface area contributed by atoms with Gasteiger partial charge in [-0.15, -0.1) is 0 Å². The van der Waals surface area contributed by atoms with Gasteiger partial charge in [-0.25, -0.2) is 4.79 Å². The lowest BCUT2D eigenvalue weighted by Crippen LogP contribution is -2.64. The molecule has 33 heavy (non-hydrogen) atoms. The minimum absolute atomic E-state index is 0.0285. The van der Waals surface area contributed by atoms with Crippen LogP contribution in [-0.4, -0.2) is 22.7 Å². The molecule has 1 aliphatic heterocycles. The van der Waals surface area contributed by atoms with Gasteiger partial charge in [0.2, 0.25) is 0 Å². The Morgan fingerprint density at radius 2 is 1.94 bits per heavy atom. The van der Waals surface area contributed by atoms with Crippen LogP contribution >= 0.6 is 0 Å². The number of pyridine rings is 1. The molecule has 6 heteroatoms. The van der Waals surface area contributed by atoms with E-state index < -0.39 is 0 Å². The average Bonchev–Trinajstić information content (AvgIpc) is 2.75. The molecule has 0 bridgehead atoms. The first-order valence-corrected chi connectivity index (χ1v) is 12.0. The second-order valence-corrected chi connectivity index (χ2v) is 11.2. The lowest BCUT2D eigenvalue weighted by atomic mass is 9.44. The minimum atomic E-state index is -0.359. The van der Waals surface area contributed by atoms with Crippen molar-refractivity contribution in [2.45, 2.75) is 78.4 Å². The summed E-state index contributed by atoms with van der Waals surface area (Å²) in [7, 11) is 0. The average molecular weight is 452 g/mol. The van der Waals surface area contributed by atoms with Gasteiger partial charge in [-0.1, -0.05) is 20.8 Å². The first kappa shape index (κ1) is 22.2. The highest BCUT2D eigenvalue weighted by atomic mass is 16.5. The number of carbonyl (C=O) groups excluding carboxylic acids is 1. The van der Waals surface area contributed by atoms with E-state index in [2.05, 4.69) is 32.7 Å². The third-order valence-electron chi connectivity index (χ3n) is 8.95. The highest BCUT2D eigenvalue weighted by Gasteiger charge is 2.63. The van der Waals surface area contributed by atoms with Crippen molar-refractivity contribution in [2.24, 2.45) is 22.7 Å². The molecule has 0 amide bonds. The smallest absolute Gasteiger partial charge is 0.343 e. The molecule has 5 atom stereocenters. The molecule has 0 aromatic carbocycles. The maximum Gasteiger partial charge on any atom is 0.343 e. The Morgan fingerprint density at radius 1 is 1.15 bits per heavy atom. The lowest BCUT2D eigenvalue weighted by Gasteiger charge is -2.64. The van der Waals surface area contributed by atoms with Crippen LogP contribution in [0.1, 0.15) is 65.9 Å². The van der Waals surface area contributed by atoms with Crippen molar-refractivity contribution in [3.05, 3.63) is 46.6 Å². The highest BCUT2D eigenvalue weighted by molar-refractivity contribution is 5.66. The topological polar surface area (TPSA) is 78.6 Å². The van der Waals surface area contributed by atoms with Crippen LogP contribution in [0.2, 0.25) is 0 Å². The third kappa shape index (κ3) is 3.41. The first-order chi connectivity index (χ1) is 15.5. The van der Waals surface area contributed by atoms with Gasteiger partial charge in [0.05, 0.1) is 5.56 Å². The van der Waals surface area contributed by atoms with E-state index in [-0.39, 0.29) is 40.0 Å². The molecule has 6 nitrogen and oxygen atoms in total. The van der Waals surface area contributed by atoms with Crippen molar-refractivity contribution < 1.29 is 18.7 Å². The number of hydrogen-bond acceptors (Lipinski definition) is 6. The molecule has 2 aromatic heterocycles. The Labute approximate surface area is 194 Å². The summed E-state index contributed by atoms with van der Waals surface area (Å²) < 4.78 is 18.1. The Bertz CT molecular complexity index is 1140. The number of nitrogens with zero attached hydrogens (tertiary/aromatic N) is 1. The molecule has 5 rings (SSSR count). The zero-order valence-corrected chi connectivity index (χ0v) is 20.1. The van der Waals surface area contributed by atoms with Gasteiger partial charge in [0.15, 0.2) is 0 Å². The largest absolute Gasteiger partial charge is 0.487 e. The fourth-order valence-electron chi connectivity index (χ4n) is 7.35. The second kappa shape index (κ2) is 7.44. The molecule has 0 N–H and O–H groups in total. The number of esters is 1. The van der Waals surface area contributed by atoms with Gasteiger partial charge in [-0.2, -0.15) is 0 Å². The van der Waals surface area contributed by atoms with Crippen molar-refractivity contribution >= 4 is 5.97 Å². The molecule has 2 fully saturated rings. The molecular weight excluding hydrogens is 418 g/mol. The van der Waals surface area contributed by atoms with Crippen molar-refractivity contribution in [3.63, 3.8) is 0 Å². The summed E-state index contributed by atoms with van der Waals surface area (Å²) >= 11 is 0. The predicted molar refractivity (Wildman–Crippen MR) is 124 cm³/mol. The fourth-order valence-corrected chi connectivity index (χ4v) is 7.35. The monoisotopic (exact) mass is 451 g/mol. The number of aromatic nitrogens is 1. The minimum Gasteiger partial charge on any atom is -0.487 e. The second-order valence-electron chi connectivity index (χ2n) is 11.2. The molecule has 3 heterocycles. The molecular formula is C27H33NO5. The highest BCUT2D eigenvalue weighted by Crippen LogP contribution is 2.64. The predicted octanol–water partition coefficient (Wildman–Crippen LogP) is 5.18. The fraction of sp³-hybridized carbons (Fsp3) is 0.593. The summed E-state index contributed by atoms with van der Waals surface area (Å²) in [5.74, 6) is 1.46. The van der Waals surface area contributed by atoms with Crippen LogP contribution in [0.25, 0.3) is 11.3 Å². The van der Waals surface area contributed by atoms with Crippen molar-refractivity contribution in [2.75, 3.05) is 0 Å². The van der Waals surface area contributed by atoms with Gasteiger partial charge in [-0.05, 0) is 62.5 Å². The first-order valence-electron chi connectivity index (χ1n) is 12.0. The standard InChI is InChI=1S/C27H33NO5/c1-16(29)31-23-9-10-26(4)21(25(23,2)3)8-11-27(5)22(26)13-18-20(33-27)14-19(32-24(18)30)17-7-6-12-28-15-17/h6-7,12,14-15,21-23H,8-11,13H2,1-5H3/t21-,22+,23-,26-,27+/m0/s1. The van der Waals surface area contributed by atoms with E-state index in [9.17, 15) is 9.59 Å². The van der Waals surface area contributed by atoms with Gasteiger partial charge in [-0.3, -0.25) is 9.78 Å². The van der Waals surface area contributed by atoms with Gasteiger partial charge in [0.1, 0.15) is 23.2 Å². The molecule has 2 saturated carbocycles. The van der Waals surface area contributed by atoms with Crippen molar-refractivity contribution in [1.29, 1.82) is 0 Å². The quantitative estimate of drug-likeness (QED) is 0.586. The Balaban J connectivity index is 1.52. The third-order valence-corrected chi connectivity index (χ3v) is 8.95. The lowest BCUT2D eigenvalue weighted by molar-refractivity contribution is -0.204. The molecule has 0 spiro atoms. The van der Waals surface area contributed by atoms with E-state index in [0.29, 0.717) is 29.4 Å². The van der Waals surface area contributed by atoms with E-state index in [4.69, 9.17) is 13.9 Å². The zero-order chi connectivity index (χ0) is 23.6. The number of rotatable bonds is 2. The SMILES string of the molecule is CC(=O)O[C@H]1CC[C@]2(C)[C@H]3Cc4c(cc(-c5cccnc5)oc4=O)O[C@]3(C)CC[C@H]2C1(C)C. The van der Waals surface area contributed by atoms with Crippen LogP contribution in [0.5, 0.6) is 5.75 Å². The zero-order valence-electron chi connectivity index (χ0n) is 20.1. The van der Waals surface area contributed by atoms with E-state index in [1.54, 1.807) is 12.4 Å². The maximum absolute atomic E-state index is 13.1. The van der Waals surface area contributed by atoms with E-state index in [1.807, 2.05) is 18.2 Å². The molecule has 0 radical (unpaired) electrons. The molecule has 2 aromatic rings. The van der Waals surface area contributed by atoms with Gasteiger partial charge in [0, 0.05) is 42.3 Å². The van der Waals surface area contributed by atoms with Crippen LogP contribution in [-0.2, 0) is 16.0 Å². The van der Waals surface area contributed by atoms with Crippen LogP contribution in [0.4, 0.5) is 0 Å². The molecule has 2 aliphatic carbocycles.